The summed E-state index contributed by atoms with van der Waals surface area (Å²) in [6.45, 7) is 4.66. The molecule has 1 rings (SSSR count). The zero-order chi connectivity index (χ0) is 12.3. The lowest BCUT2D eigenvalue weighted by atomic mass is 10.1. The summed E-state index contributed by atoms with van der Waals surface area (Å²) in [6.07, 6.45) is -0.366. The van der Waals surface area contributed by atoms with Crippen LogP contribution in [0.3, 0.4) is 0 Å². The molecule has 0 spiro atoms. The van der Waals surface area contributed by atoms with Crippen molar-refractivity contribution in [3.8, 4) is 0 Å². The molecule has 1 amide bonds. The van der Waals surface area contributed by atoms with Gasteiger partial charge >= 0.3 is 5.97 Å². The molecule has 0 aromatic rings. The third-order valence-electron chi connectivity index (χ3n) is 2.60. The molecule has 3 N–H and O–H groups in total. The first kappa shape index (κ1) is 12.9. The van der Waals surface area contributed by atoms with Gasteiger partial charge in [0.1, 0.15) is 0 Å². The van der Waals surface area contributed by atoms with E-state index in [1.807, 2.05) is 13.8 Å². The van der Waals surface area contributed by atoms with Crippen LogP contribution in [0.5, 0.6) is 0 Å². The molecule has 3 atom stereocenters. The molecule has 1 saturated heterocycles. The van der Waals surface area contributed by atoms with Gasteiger partial charge < -0.3 is 20.5 Å². The third-order valence-corrected chi connectivity index (χ3v) is 2.60. The van der Waals surface area contributed by atoms with Crippen LogP contribution in [-0.4, -0.2) is 53.2 Å². The first-order valence-corrected chi connectivity index (χ1v) is 5.31. The minimum atomic E-state index is -1.06. The maximum Gasteiger partial charge on any atom is 0.305 e. The average molecular weight is 230 g/mol. The fourth-order valence-electron chi connectivity index (χ4n) is 1.70. The maximum atomic E-state index is 11.9. The molecular formula is C10H18N2O4. The summed E-state index contributed by atoms with van der Waals surface area (Å²) in [7, 11) is 0. The zero-order valence-electron chi connectivity index (χ0n) is 9.55. The van der Waals surface area contributed by atoms with Gasteiger partial charge in [-0.25, -0.2) is 0 Å². The van der Waals surface area contributed by atoms with Crippen molar-refractivity contribution in [3.63, 3.8) is 0 Å². The first-order chi connectivity index (χ1) is 7.41. The Morgan fingerprint density at radius 1 is 1.56 bits per heavy atom. The van der Waals surface area contributed by atoms with Crippen molar-refractivity contribution >= 4 is 11.9 Å². The van der Waals surface area contributed by atoms with Crippen molar-refractivity contribution < 1.29 is 19.4 Å². The highest BCUT2D eigenvalue weighted by Crippen LogP contribution is 2.13. The van der Waals surface area contributed by atoms with E-state index in [0.717, 1.165) is 0 Å². The number of rotatable bonds is 3. The second kappa shape index (κ2) is 5.27. The Hall–Kier alpha value is -1.14. The molecule has 16 heavy (non-hydrogen) atoms. The Balaban J connectivity index is 2.60. The quantitative estimate of drug-likeness (QED) is 0.677. The number of aliphatic carboxylic acids is 1. The minimum Gasteiger partial charge on any atom is -0.481 e. The number of carbonyl (C=O) groups excluding carboxylic acids is 1. The molecule has 0 radical (unpaired) electrons. The van der Waals surface area contributed by atoms with Gasteiger partial charge in [-0.2, -0.15) is 0 Å². The highest BCUT2D eigenvalue weighted by molar-refractivity contribution is 5.86. The Kier molecular flexibility index (Phi) is 4.26. The average Bonchev–Trinajstić information content (AvgIpc) is 2.19. The van der Waals surface area contributed by atoms with Crippen molar-refractivity contribution in [1.82, 2.24) is 4.90 Å². The number of ether oxygens (including phenoxy) is 1. The van der Waals surface area contributed by atoms with E-state index < -0.39 is 12.0 Å². The van der Waals surface area contributed by atoms with Gasteiger partial charge in [-0.3, -0.25) is 9.59 Å². The number of nitrogens with two attached hydrogens (primary N) is 1. The smallest absolute Gasteiger partial charge is 0.305 e. The van der Waals surface area contributed by atoms with E-state index >= 15 is 0 Å². The van der Waals surface area contributed by atoms with Gasteiger partial charge in [0.05, 0.1) is 31.2 Å². The van der Waals surface area contributed by atoms with Gasteiger partial charge in [-0.1, -0.05) is 0 Å². The van der Waals surface area contributed by atoms with Crippen molar-refractivity contribution in [2.24, 2.45) is 5.73 Å². The van der Waals surface area contributed by atoms with Gasteiger partial charge in [0.25, 0.3) is 0 Å². The molecule has 6 nitrogen and oxygen atoms in total. The largest absolute Gasteiger partial charge is 0.481 e. The zero-order valence-corrected chi connectivity index (χ0v) is 9.55. The van der Waals surface area contributed by atoms with Crippen LogP contribution in [0.25, 0.3) is 0 Å². The standard InChI is InChI=1S/C10H18N2O4/c1-6-5-16-7(2)4-12(6)10(15)8(11)3-9(13)14/h6-8H,3-5,11H2,1-2H3,(H,13,14). The number of nitrogens with zero attached hydrogens (tertiary/aromatic N) is 1. The van der Waals surface area contributed by atoms with Crippen molar-refractivity contribution in [1.29, 1.82) is 0 Å². The van der Waals surface area contributed by atoms with Crippen molar-refractivity contribution in [3.05, 3.63) is 0 Å². The van der Waals surface area contributed by atoms with E-state index in [1.54, 1.807) is 4.90 Å². The summed E-state index contributed by atoms with van der Waals surface area (Å²) < 4.78 is 5.38. The van der Waals surface area contributed by atoms with Crippen LogP contribution in [-0.2, 0) is 14.3 Å². The Labute approximate surface area is 94.3 Å². The number of carbonyl (C=O) groups is 2. The molecule has 92 valence electrons. The Bertz CT molecular complexity index is 282. The summed E-state index contributed by atoms with van der Waals surface area (Å²) in [5.74, 6) is -1.38. The Morgan fingerprint density at radius 3 is 2.75 bits per heavy atom. The molecular weight excluding hydrogens is 212 g/mol. The van der Waals surface area contributed by atoms with E-state index in [2.05, 4.69) is 0 Å². The molecule has 1 aliphatic heterocycles. The van der Waals surface area contributed by atoms with E-state index in [0.29, 0.717) is 13.2 Å². The van der Waals surface area contributed by atoms with E-state index in [1.165, 1.54) is 0 Å². The predicted molar refractivity (Wildman–Crippen MR) is 56.8 cm³/mol. The van der Waals surface area contributed by atoms with Crippen LogP contribution < -0.4 is 5.73 Å². The van der Waals surface area contributed by atoms with Gasteiger partial charge in [-0.05, 0) is 13.8 Å². The first-order valence-electron chi connectivity index (χ1n) is 5.31. The summed E-state index contributed by atoms with van der Waals surface area (Å²) in [6, 6.07) is -1.02. The van der Waals surface area contributed by atoms with Crippen molar-refractivity contribution in [2.75, 3.05) is 13.2 Å². The van der Waals surface area contributed by atoms with E-state index in [-0.39, 0.29) is 24.5 Å². The fraction of sp³-hybridized carbons (Fsp3) is 0.800. The molecule has 6 heteroatoms. The number of morpholine rings is 1. The number of hydrogen-bond donors (Lipinski definition) is 2. The van der Waals surface area contributed by atoms with Crippen LogP contribution >= 0.6 is 0 Å². The lowest BCUT2D eigenvalue weighted by molar-refractivity contribution is -0.148. The van der Waals surface area contributed by atoms with Crippen LogP contribution in [0.2, 0.25) is 0 Å². The number of carboxylic acid groups (broad SMARTS) is 1. The lowest BCUT2D eigenvalue weighted by Crippen LogP contribution is -2.55. The highest BCUT2D eigenvalue weighted by atomic mass is 16.5. The van der Waals surface area contributed by atoms with Crippen molar-refractivity contribution in [2.45, 2.75) is 38.5 Å². The molecule has 3 unspecified atom stereocenters. The summed E-state index contributed by atoms with van der Waals surface area (Å²) in [4.78, 5) is 23.9. The molecule has 0 aromatic heterocycles. The topological polar surface area (TPSA) is 92.9 Å². The maximum absolute atomic E-state index is 11.9. The fourth-order valence-corrected chi connectivity index (χ4v) is 1.70. The predicted octanol–water partition coefficient (Wildman–Crippen LogP) is -0.576. The second-order valence-corrected chi connectivity index (χ2v) is 4.19. The third kappa shape index (κ3) is 3.18. The molecule has 0 saturated carbocycles. The summed E-state index contributed by atoms with van der Waals surface area (Å²) in [5, 5.41) is 8.57. The van der Waals surface area contributed by atoms with Gasteiger partial charge in [0.2, 0.25) is 5.91 Å². The van der Waals surface area contributed by atoms with Gasteiger partial charge in [-0.15, -0.1) is 0 Å². The van der Waals surface area contributed by atoms with Crippen LogP contribution in [0.1, 0.15) is 20.3 Å². The Morgan fingerprint density at radius 2 is 2.19 bits per heavy atom. The normalized spacial score (nSPS) is 27.6. The molecule has 1 fully saturated rings. The number of hydrogen-bond acceptors (Lipinski definition) is 4. The molecule has 0 bridgehead atoms. The number of amides is 1. The molecule has 0 aliphatic carbocycles. The van der Waals surface area contributed by atoms with Crippen LogP contribution in [0.4, 0.5) is 0 Å². The summed E-state index contributed by atoms with van der Waals surface area (Å²) in [5.41, 5.74) is 5.54. The van der Waals surface area contributed by atoms with E-state index in [9.17, 15) is 9.59 Å². The highest BCUT2D eigenvalue weighted by Gasteiger charge is 2.31. The van der Waals surface area contributed by atoms with Gasteiger partial charge in [0, 0.05) is 6.54 Å². The SMILES string of the molecule is CC1CN(C(=O)C(N)CC(=O)O)C(C)CO1. The lowest BCUT2D eigenvalue weighted by Gasteiger charge is -2.37. The molecule has 1 aliphatic rings. The number of carboxylic acids is 1. The molecule has 1 heterocycles. The van der Waals surface area contributed by atoms with Gasteiger partial charge in [0.15, 0.2) is 0 Å². The van der Waals surface area contributed by atoms with E-state index in [4.69, 9.17) is 15.6 Å². The van der Waals surface area contributed by atoms with Crippen LogP contribution in [0.15, 0.2) is 0 Å². The minimum absolute atomic E-state index is 0.0304. The molecule has 0 aromatic carbocycles. The summed E-state index contributed by atoms with van der Waals surface area (Å²) >= 11 is 0. The van der Waals surface area contributed by atoms with Crippen LogP contribution in [0, 0.1) is 0 Å². The second-order valence-electron chi connectivity index (χ2n) is 4.19. The monoisotopic (exact) mass is 230 g/mol.